The molecule has 0 aliphatic carbocycles. The zero-order chi connectivity index (χ0) is 20.4. The van der Waals surface area contributed by atoms with Crippen molar-refractivity contribution in [2.45, 2.75) is 82.8 Å². The standard InChI is InChI=1S/C23H30N2O4/c1-2-13-29-20-8-3-16(4-9-20)5-10-21(26)24-17-6-7-18(24)15-19(14-17)25-22(27)11-12-23(25)28/h3-4,8-9,17-19H,2,5-7,10-15H2,1H3. The smallest absolute Gasteiger partial charge is 0.229 e. The van der Waals surface area contributed by atoms with Gasteiger partial charge >= 0.3 is 0 Å². The first kappa shape index (κ1) is 19.9. The summed E-state index contributed by atoms with van der Waals surface area (Å²) in [7, 11) is 0. The van der Waals surface area contributed by atoms with Gasteiger partial charge in [-0.3, -0.25) is 19.3 Å². The van der Waals surface area contributed by atoms with E-state index in [-0.39, 0.29) is 35.8 Å². The lowest BCUT2D eigenvalue weighted by Crippen LogP contribution is -2.53. The molecule has 0 saturated carbocycles. The zero-order valence-electron chi connectivity index (χ0n) is 17.1. The Morgan fingerprint density at radius 3 is 2.21 bits per heavy atom. The predicted molar refractivity (Wildman–Crippen MR) is 108 cm³/mol. The summed E-state index contributed by atoms with van der Waals surface area (Å²) >= 11 is 0. The van der Waals surface area contributed by atoms with Crippen LogP contribution in [0.4, 0.5) is 0 Å². The lowest BCUT2D eigenvalue weighted by atomic mass is 9.95. The molecule has 156 valence electrons. The van der Waals surface area contributed by atoms with Gasteiger partial charge in [0.1, 0.15) is 5.75 Å². The van der Waals surface area contributed by atoms with E-state index in [2.05, 4.69) is 11.8 Å². The number of likely N-dealkylation sites (tertiary alicyclic amines) is 1. The fourth-order valence-electron chi connectivity index (χ4n) is 5.12. The fourth-order valence-corrected chi connectivity index (χ4v) is 5.12. The Labute approximate surface area is 172 Å². The van der Waals surface area contributed by atoms with E-state index in [1.165, 1.54) is 4.90 Å². The van der Waals surface area contributed by atoms with Crippen LogP contribution >= 0.6 is 0 Å². The maximum atomic E-state index is 13.0. The molecule has 3 aliphatic heterocycles. The minimum absolute atomic E-state index is 0.0188. The molecule has 3 heterocycles. The Balaban J connectivity index is 1.32. The summed E-state index contributed by atoms with van der Waals surface area (Å²) < 4.78 is 5.61. The molecule has 6 heteroatoms. The normalized spacial score (nSPS) is 26.3. The molecular weight excluding hydrogens is 368 g/mol. The maximum absolute atomic E-state index is 13.0. The molecule has 4 rings (SSSR count). The second-order valence-corrected chi connectivity index (χ2v) is 8.46. The summed E-state index contributed by atoms with van der Waals surface area (Å²) in [5, 5.41) is 0. The highest BCUT2D eigenvalue weighted by atomic mass is 16.5. The SMILES string of the molecule is CCCOc1ccc(CCC(=O)N2C3CCC2CC(N2C(=O)CCC2=O)C3)cc1. The van der Waals surface area contributed by atoms with Crippen LogP contribution in [0, 0.1) is 0 Å². The Hall–Kier alpha value is -2.37. The van der Waals surface area contributed by atoms with Crippen LogP contribution in [-0.2, 0) is 20.8 Å². The largest absolute Gasteiger partial charge is 0.494 e. The van der Waals surface area contributed by atoms with Gasteiger partial charge in [0.2, 0.25) is 17.7 Å². The van der Waals surface area contributed by atoms with E-state index in [0.717, 1.165) is 49.8 Å². The first-order valence-corrected chi connectivity index (χ1v) is 10.9. The molecule has 3 saturated heterocycles. The van der Waals surface area contributed by atoms with E-state index in [1.807, 2.05) is 24.3 Å². The third-order valence-corrected chi connectivity index (χ3v) is 6.48. The third-order valence-electron chi connectivity index (χ3n) is 6.48. The highest BCUT2D eigenvalue weighted by Crippen LogP contribution is 2.39. The van der Waals surface area contributed by atoms with Gasteiger partial charge in [0.05, 0.1) is 6.61 Å². The first-order chi connectivity index (χ1) is 14.1. The lowest BCUT2D eigenvalue weighted by Gasteiger charge is -2.41. The topological polar surface area (TPSA) is 66.9 Å². The Kier molecular flexibility index (Phi) is 5.88. The van der Waals surface area contributed by atoms with Gasteiger partial charge in [0, 0.05) is 37.4 Å². The van der Waals surface area contributed by atoms with E-state index in [4.69, 9.17) is 4.74 Å². The van der Waals surface area contributed by atoms with Crippen LogP contribution in [0.1, 0.15) is 63.9 Å². The molecule has 2 unspecified atom stereocenters. The van der Waals surface area contributed by atoms with Gasteiger partial charge < -0.3 is 9.64 Å². The minimum atomic E-state index is -0.0365. The van der Waals surface area contributed by atoms with Gasteiger partial charge in [0.25, 0.3) is 0 Å². The highest BCUT2D eigenvalue weighted by molar-refractivity contribution is 6.02. The van der Waals surface area contributed by atoms with Gasteiger partial charge in [-0.2, -0.15) is 0 Å². The van der Waals surface area contributed by atoms with Gasteiger partial charge in [-0.05, 0) is 56.2 Å². The van der Waals surface area contributed by atoms with Crippen molar-refractivity contribution in [3.63, 3.8) is 0 Å². The third kappa shape index (κ3) is 4.16. The quantitative estimate of drug-likeness (QED) is 0.662. The van der Waals surface area contributed by atoms with Crippen LogP contribution in [-0.4, -0.2) is 52.3 Å². The molecule has 3 amide bonds. The summed E-state index contributed by atoms with van der Waals surface area (Å²) in [6.07, 6.45) is 6.32. The molecule has 6 nitrogen and oxygen atoms in total. The van der Waals surface area contributed by atoms with Gasteiger partial charge in [-0.25, -0.2) is 0 Å². The van der Waals surface area contributed by atoms with Crippen LogP contribution < -0.4 is 4.74 Å². The molecule has 2 bridgehead atoms. The number of nitrogens with zero attached hydrogens (tertiary/aromatic N) is 2. The molecule has 1 aromatic rings. The monoisotopic (exact) mass is 398 g/mol. The number of carbonyl (C=O) groups excluding carboxylic acids is 3. The van der Waals surface area contributed by atoms with E-state index < -0.39 is 0 Å². The summed E-state index contributed by atoms with van der Waals surface area (Å²) in [6, 6.07) is 8.31. The van der Waals surface area contributed by atoms with Crippen LogP contribution in [0.5, 0.6) is 5.75 Å². The lowest BCUT2D eigenvalue weighted by molar-refractivity contribution is -0.144. The molecule has 29 heavy (non-hydrogen) atoms. The van der Waals surface area contributed by atoms with Crippen molar-refractivity contribution < 1.29 is 19.1 Å². The second kappa shape index (κ2) is 8.56. The van der Waals surface area contributed by atoms with Crippen LogP contribution in [0.25, 0.3) is 0 Å². The van der Waals surface area contributed by atoms with Crippen molar-refractivity contribution in [3.8, 4) is 5.75 Å². The number of aryl methyl sites for hydroxylation is 1. The van der Waals surface area contributed by atoms with Crippen molar-refractivity contribution >= 4 is 17.7 Å². The van der Waals surface area contributed by atoms with Crippen LogP contribution in [0.15, 0.2) is 24.3 Å². The first-order valence-electron chi connectivity index (χ1n) is 10.9. The molecule has 3 aliphatic rings. The van der Waals surface area contributed by atoms with Crippen LogP contribution in [0.3, 0.4) is 0 Å². The number of hydrogen-bond acceptors (Lipinski definition) is 4. The summed E-state index contributed by atoms with van der Waals surface area (Å²) in [5.41, 5.74) is 1.14. The van der Waals surface area contributed by atoms with Gasteiger partial charge in [0.15, 0.2) is 0 Å². The molecule has 0 N–H and O–H groups in total. The fraction of sp³-hybridized carbons (Fsp3) is 0.609. The van der Waals surface area contributed by atoms with Crippen molar-refractivity contribution in [2.24, 2.45) is 0 Å². The minimum Gasteiger partial charge on any atom is -0.494 e. The Morgan fingerprint density at radius 2 is 1.62 bits per heavy atom. The van der Waals surface area contributed by atoms with E-state index in [9.17, 15) is 14.4 Å². The number of imide groups is 1. The number of carbonyl (C=O) groups is 3. The highest BCUT2D eigenvalue weighted by Gasteiger charge is 2.47. The number of rotatable bonds is 7. The van der Waals surface area contributed by atoms with Gasteiger partial charge in [-0.1, -0.05) is 19.1 Å². The average Bonchev–Trinajstić information content (AvgIpc) is 3.20. The molecule has 0 radical (unpaired) electrons. The van der Waals surface area contributed by atoms with E-state index in [1.54, 1.807) is 0 Å². The molecule has 2 atom stereocenters. The molecule has 1 aromatic carbocycles. The summed E-state index contributed by atoms with van der Waals surface area (Å²) in [6.45, 7) is 2.79. The Morgan fingerprint density at radius 1 is 1.00 bits per heavy atom. The number of fused-ring (bicyclic) bond motifs is 2. The van der Waals surface area contributed by atoms with E-state index in [0.29, 0.717) is 25.9 Å². The zero-order valence-corrected chi connectivity index (χ0v) is 17.1. The maximum Gasteiger partial charge on any atom is 0.229 e. The van der Waals surface area contributed by atoms with Crippen molar-refractivity contribution in [2.75, 3.05) is 6.61 Å². The van der Waals surface area contributed by atoms with E-state index >= 15 is 0 Å². The Bertz CT molecular complexity index is 746. The number of piperidine rings is 1. The number of ether oxygens (including phenoxy) is 1. The number of hydrogen-bond donors (Lipinski definition) is 0. The molecular formula is C23H30N2O4. The molecule has 3 fully saturated rings. The summed E-state index contributed by atoms with van der Waals surface area (Å²) in [5.74, 6) is 0.991. The van der Waals surface area contributed by atoms with Gasteiger partial charge in [-0.15, -0.1) is 0 Å². The van der Waals surface area contributed by atoms with Crippen molar-refractivity contribution in [1.29, 1.82) is 0 Å². The predicted octanol–water partition coefficient (Wildman–Crippen LogP) is 3.08. The summed E-state index contributed by atoms with van der Waals surface area (Å²) in [4.78, 5) is 40.7. The average molecular weight is 399 g/mol. The molecule has 0 aromatic heterocycles. The molecule has 0 spiro atoms. The second-order valence-electron chi connectivity index (χ2n) is 8.46. The van der Waals surface area contributed by atoms with Crippen molar-refractivity contribution in [3.05, 3.63) is 29.8 Å². The van der Waals surface area contributed by atoms with Crippen LogP contribution in [0.2, 0.25) is 0 Å². The van der Waals surface area contributed by atoms with Crippen molar-refractivity contribution in [1.82, 2.24) is 9.80 Å². The number of benzene rings is 1. The number of amides is 3.